The van der Waals surface area contributed by atoms with Crippen molar-refractivity contribution in [3.05, 3.63) is 60.2 Å². The Kier molecular flexibility index (Phi) is 3.42. The number of benzene rings is 1. The summed E-state index contributed by atoms with van der Waals surface area (Å²) < 4.78 is 0. The van der Waals surface area contributed by atoms with Crippen molar-refractivity contribution < 1.29 is 4.79 Å². The lowest BCUT2D eigenvalue weighted by atomic mass is 10.1. The summed E-state index contributed by atoms with van der Waals surface area (Å²) in [5.74, 6) is -0.0137. The highest BCUT2D eigenvalue weighted by molar-refractivity contribution is 5.92. The molecule has 0 aliphatic heterocycles. The van der Waals surface area contributed by atoms with Crippen molar-refractivity contribution in [1.82, 2.24) is 20.3 Å². The number of nitrogens with two attached hydrogens (primary N) is 1. The first kappa shape index (κ1) is 13.0. The van der Waals surface area contributed by atoms with Gasteiger partial charge < -0.3 is 11.1 Å². The molecule has 3 N–H and O–H groups in total. The standard InChI is InChI=1S/C15H13N5O/c16-13-9-18-12(8-19-13)15(21)20-7-11-4-1-3-10-5-2-6-17-14(10)11/h1-6,8-9H,7H2,(H2,16,19)(H,20,21). The zero-order chi connectivity index (χ0) is 14.7. The first-order valence-electron chi connectivity index (χ1n) is 6.42. The Morgan fingerprint density at radius 1 is 1.10 bits per heavy atom. The van der Waals surface area contributed by atoms with E-state index in [1.165, 1.54) is 12.4 Å². The minimum absolute atomic E-state index is 0.234. The number of para-hydroxylation sites is 1. The van der Waals surface area contributed by atoms with Crippen LogP contribution in [0.3, 0.4) is 0 Å². The molecule has 0 bridgehead atoms. The van der Waals surface area contributed by atoms with Crippen LogP contribution in [0.4, 0.5) is 5.82 Å². The van der Waals surface area contributed by atoms with Gasteiger partial charge in [0.15, 0.2) is 0 Å². The quantitative estimate of drug-likeness (QED) is 0.758. The molecule has 3 rings (SSSR count). The number of aromatic nitrogens is 3. The maximum atomic E-state index is 12.0. The fraction of sp³-hybridized carbons (Fsp3) is 0.0667. The number of pyridine rings is 1. The monoisotopic (exact) mass is 279 g/mol. The van der Waals surface area contributed by atoms with Gasteiger partial charge in [0.25, 0.3) is 5.91 Å². The van der Waals surface area contributed by atoms with Crippen LogP contribution in [0.2, 0.25) is 0 Å². The lowest BCUT2D eigenvalue weighted by molar-refractivity contribution is 0.0945. The summed E-state index contributed by atoms with van der Waals surface area (Å²) in [6.07, 6.45) is 4.44. The van der Waals surface area contributed by atoms with Crippen molar-refractivity contribution in [1.29, 1.82) is 0 Å². The second-order valence-electron chi connectivity index (χ2n) is 4.50. The smallest absolute Gasteiger partial charge is 0.271 e. The molecule has 6 nitrogen and oxygen atoms in total. The molecule has 3 aromatic rings. The van der Waals surface area contributed by atoms with Gasteiger partial charge in [-0.1, -0.05) is 24.3 Å². The number of carbonyl (C=O) groups is 1. The fourth-order valence-electron chi connectivity index (χ4n) is 2.03. The van der Waals surface area contributed by atoms with Gasteiger partial charge >= 0.3 is 0 Å². The van der Waals surface area contributed by atoms with E-state index >= 15 is 0 Å². The topological polar surface area (TPSA) is 93.8 Å². The molecule has 1 amide bonds. The molecule has 6 heteroatoms. The molecule has 0 saturated heterocycles. The van der Waals surface area contributed by atoms with Crippen LogP contribution in [0, 0.1) is 0 Å². The summed E-state index contributed by atoms with van der Waals surface area (Å²) in [6, 6.07) is 9.73. The molecule has 1 aromatic carbocycles. The summed E-state index contributed by atoms with van der Waals surface area (Å²) in [5, 5.41) is 3.84. The van der Waals surface area contributed by atoms with Gasteiger partial charge in [0.05, 0.1) is 17.9 Å². The van der Waals surface area contributed by atoms with E-state index in [-0.39, 0.29) is 17.4 Å². The number of fused-ring (bicyclic) bond motifs is 1. The minimum atomic E-state index is -0.296. The van der Waals surface area contributed by atoms with Crippen LogP contribution in [-0.4, -0.2) is 20.9 Å². The summed E-state index contributed by atoms with van der Waals surface area (Å²) >= 11 is 0. The predicted octanol–water partition coefficient (Wildman–Crippen LogP) is 1.54. The predicted molar refractivity (Wildman–Crippen MR) is 79.4 cm³/mol. The van der Waals surface area contributed by atoms with Crippen molar-refractivity contribution in [2.75, 3.05) is 5.73 Å². The Morgan fingerprint density at radius 2 is 1.95 bits per heavy atom. The molecule has 0 saturated carbocycles. The Labute approximate surface area is 121 Å². The van der Waals surface area contributed by atoms with Gasteiger partial charge in [-0.2, -0.15) is 0 Å². The van der Waals surface area contributed by atoms with Crippen LogP contribution in [0.25, 0.3) is 10.9 Å². The lowest BCUT2D eigenvalue weighted by Gasteiger charge is -2.07. The molecule has 0 unspecified atom stereocenters. The highest BCUT2D eigenvalue weighted by Gasteiger charge is 2.08. The average Bonchev–Trinajstić information content (AvgIpc) is 2.53. The van der Waals surface area contributed by atoms with E-state index in [2.05, 4.69) is 20.3 Å². The van der Waals surface area contributed by atoms with Gasteiger partial charge in [0.2, 0.25) is 0 Å². The minimum Gasteiger partial charge on any atom is -0.382 e. The number of hydrogen-bond donors (Lipinski definition) is 2. The van der Waals surface area contributed by atoms with Crippen molar-refractivity contribution in [2.24, 2.45) is 0 Å². The van der Waals surface area contributed by atoms with Gasteiger partial charge in [-0.05, 0) is 11.6 Å². The number of nitrogen functional groups attached to an aromatic ring is 1. The maximum absolute atomic E-state index is 12.0. The molecule has 0 spiro atoms. The molecule has 0 fully saturated rings. The largest absolute Gasteiger partial charge is 0.382 e. The summed E-state index contributed by atoms with van der Waals surface area (Å²) in [6.45, 7) is 0.374. The third-order valence-corrected chi connectivity index (χ3v) is 3.06. The number of rotatable bonds is 3. The van der Waals surface area contributed by atoms with Gasteiger partial charge in [-0.15, -0.1) is 0 Å². The number of hydrogen-bond acceptors (Lipinski definition) is 5. The number of amides is 1. The Morgan fingerprint density at radius 3 is 2.76 bits per heavy atom. The molecule has 0 aliphatic rings. The zero-order valence-electron chi connectivity index (χ0n) is 11.2. The summed E-state index contributed by atoms with van der Waals surface area (Å²) in [4.78, 5) is 24.1. The van der Waals surface area contributed by atoms with Crippen LogP contribution in [-0.2, 0) is 6.54 Å². The van der Waals surface area contributed by atoms with Crippen molar-refractivity contribution in [3.63, 3.8) is 0 Å². The Bertz CT molecular complexity index is 780. The molecule has 0 aliphatic carbocycles. The number of carbonyl (C=O) groups excluding carboxylic acids is 1. The fourth-order valence-corrected chi connectivity index (χ4v) is 2.03. The van der Waals surface area contributed by atoms with Gasteiger partial charge in [-0.25, -0.2) is 9.97 Å². The first-order chi connectivity index (χ1) is 10.2. The van der Waals surface area contributed by atoms with Crippen molar-refractivity contribution in [3.8, 4) is 0 Å². The molecular formula is C15H13N5O. The normalized spacial score (nSPS) is 10.5. The van der Waals surface area contributed by atoms with E-state index in [9.17, 15) is 4.79 Å². The molecular weight excluding hydrogens is 266 g/mol. The summed E-state index contributed by atoms with van der Waals surface area (Å²) in [7, 11) is 0. The highest BCUT2D eigenvalue weighted by Crippen LogP contribution is 2.15. The second kappa shape index (κ2) is 5.54. The van der Waals surface area contributed by atoms with E-state index < -0.39 is 0 Å². The van der Waals surface area contributed by atoms with Gasteiger partial charge in [0, 0.05) is 18.1 Å². The van der Waals surface area contributed by atoms with Gasteiger partial charge in [0.1, 0.15) is 11.5 Å². The lowest BCUT2D eigenvalue weighted by Crippen LogP contribution is -2.24. The molecule has 0 radical (unpaired) electrons. The van der Waals surface area contributed by atoms with Crippen LogP contribution in [0.5, 0.6) is 0 Å². The van der Waals surface area contributed by atoms with E-state index in [0.717, 1.165) is 16.5 Å². The molecule has 2 heterocycles. The number of nitrogens with one attached hydrogen (secondary N) is 1. The SMILES string of the molecule is Nc1cnc(C(=O)NCc2cccc3cccnc23)cn1. The van der Waals surface area contributed by atoms with Crippen molar-refractivity contribution in [2.45, 2.75) is 6.54 Å². The van der Waals surface area contributed by atoms with Crippen LogP contribution >= 0.6 is 0 Å². The molecule has 21 heavy (non-hydrogen) atoms. The molecule has 2 aromatic heterocycles. The van der Waals surface area contributed by atoms with Crippen molar-refractivity contribution >= 4 is 22.6 Å². The first-order valence-corrected chi connectivity index (χ1v) is 6.42. The average molecular weight is 279 g/mol. The zero-order valence-corrected chi connectivity index (χ0v) is 11.2. The number of nitrogens with zero attached hydrogens (tertiary/aromatic N) is 3. The van der Waals surface area contributed by atoms with E-state index in [1.54, 1.807) is 6.20 Å². The second-order valence-corrected chi connectivity index (χ2v) is 4.50. The molecule has 104 valence electrons. The maximum Gasteiger partial charge on any atom is 0.271 e. The van der Waals surface area contributed by atoms with Crippen LogP contribution < -0.4 is 11.1 Å². The van der Waals surface area contributed by atoms with Gasteiger partial charge in [-0.3, -0.25) is 9.78 Å². The van der Waals surface area contributed by atoms with Crippen LogP contribution in [0.1, 0.15) is 16.1 Å². The summed E-state index contributed by atoms with van der Waals surface area (Å²) in [5.41, 5.74) is 7.50. The Hall–Kier alpha value is -3.02. The third-order valence-electron chi connectivity index (χ3n) is 3.06. The third kappa shape index (κ3) is 2.79. The Balaban J connectivity index is 1.77. The number of anilines is 1. The van der Waals surface area contributed by atoms with E-state index in [0.29, 0.717) is 6.54 Å². The van der Waals surface area contributed by atoms with E-state index in [1.807, 2.05) is 30.3 Å². The van der Waals surface area contributed by atoms with Crippen LogP contribution in [0.15, 0.2) is 48.9 Å². The van der Waals surface area contributed by atoms with E-state index in [4.69, 9.17) is 5.73 Å². The highest BCUT2D eigenvalue weighted by atomic mass is 16.1. The molecule has 0 atom stereocenters.